The maximum Gasteiger partial charge on any atom is 0.0599 e. The Morgan fingerprint density at radius 2 is 1.29 bits per heavy atom. The quantitative estimate of drug-likeness (QED) is 0.172. The first-order chi connectivity index (χ1) is 30.8. The average Bonchev–Trinajstić information content (AvgIpc) is 3.32. The molecule has 0 spiro atoms. The molecule has 5 aromatic carbocycles. The van der Waals surface area contributed by atoms with Gasteiger partial charge in [-0.05, 0) is 112 Å². The SMILES string of the molecule is C1=CCCC2=C3C(=CCC2C(C(c2ccccc2)c2c4ccccc4cc4ccccc24)=C1)C=CC1C3NC=CC1N(c1ccccc1)C1C2C=CC=CC2CC2C=CC=CC21. The summed E-state index contributed by atoms with van der Waals surface area (Å²) in [5.41, 5.74) is 10.2. The molecule has 9 atom stereocenters. The van der Waals surface area contributed by atoms with E-state index >= 15 is 0 Å². The largest absolute Gasteiger partial charge is 0.384 e. The molecule has 0 amide bonds. The Labute approximate surface area is 367 Å². The van der Waals surface area contributed by atoms with Crippen LogP contribution in [0.1, 0.15) is 42.7 Å². The van der Waals surface area contributed by atoms with Crippen LogP contribution in [0, 0.1) is 35.5 Å². The minimum Gasteiger partial charge on any atom is -0.384 e. The van der Waals surface area contributed by atoms with Gasteiger partial charge in [-0.15, -0.1) is 0 Å². The van der Waals surface area contributed by atoms with Crippen molar-refractivity contribution in [2.45, 2.75) is 49.7 Å². The van der Waals surface area contributed by atoms with E-state index in [1.54, 1.807) is 5.57 Å². The van der Waals surface area contributed by atoms with Gasteiger partial charge in [0, 0.05) is 41.3 Å². The van der Waals surface area contributed by atoms with Gasteiger partial charge in [0.2, 0.25) is 0 Å². The van der Waals surface area contributed by atoms with E-state index < -0.39 is 0 Å². The third-order valence-electron chi connectivity index (χ3n) is 15.4. The van der Waals surface area contributed by atoms with E-state index in [9.17, 15) is 0 Å². The number of fused-ring (bicyclic) bond motifs is 8. The maximum absolute atomic E-state index is 4.05. The minimum atomic E-state index is 0.0864. The summed E-state index contributed by atoms with van der Waals surface area (Å²) in [5, 5.41) is 9.34. The van der Waals surface area contributed by atoms with Gasteiger partial charge in [0.25, 0.3) is 0 Å². The molecular formula is C60H54N2. The van der Waals surface area contributed by atoms with Gasteiger partial charge in [-0.1, -0.05) is 193 Å². The van der Waals surface area contributed by atoms with Crippen molar-refractivity contribution in [3.63, 3.8) is 0 Å². The smallest absolute Gasteiger partial charge is 0.0599 e. The summed E-state index contributed by atoms with van der Waals surface area (Å²) in [6.45, 7) is 0. The minimum absolute atomic E-state index is 0.0864. The summed E-state index contributed by atoms with van der Waals surface area (Å²) < 4.78 is 0. The van der Waals surface area contributed by atoms with Gasteiger partial charge < -0.3 is 10.2 Å². The summed E-state index contributed by atoms with van der Waals surface area (Å²) in [6, 6.07) is 43.9. The van der Waals surface area contributed by atoms with E-state index in [2.05, 4.69) is 223 Å². The predicted octanol–water partition coefficient (Wildman–Crippen LogP) is 13.7. The molecule has 12 rings (SSSR count). The number of hydrogen-bond donors (Lipinski definition) is 1. The Balaban J connectivity index is 1.00. The molecule has 5 aromatic rings. The van der Waals surface area contributed by atoms with E-state index in [0.29, 0.717) is 29.7 Å². The van der Waals surface area contributed by atoms with Crippen molar-refractivity contribution in [3.8, 4) is 0 Å². The molecule has 1 fully saturated rings. The van der Waals surface area contributed by atoms with E-state index in [-0.39, 0.29) is 29.8 Å². The number of nitrogens with zero attached hydrogens (tertiary/aromatic N) is 1. The molecule has 9 unspecified atom stereocenters. The van der Waals surface area contributed by atoms with Crippen molar-refractivity contribution in [2.24, 2.45) is 35.5 Å². The van der Waals surface area contributed by atoms with Gasteiger partial charge in [-0.3, -0.25) is 0 Å². The Morgan fingerprint density at radius 3 is 2.02 bits per heavy atom. The number of benzene rings is 5. The molecule has 0 aromatic heterocycles. The lowest BCUT2D eigenvalue weighted by Gasteiger charge is -2.55. The van der Waals surface area contributed by atoms with E-state index in [0.717, 1.165) is 19.3 Å². The Morgan fingerprint density at radius 1 is 0.629 bits per heavy atom. The van der Waals surface area contributed by atoms with E-state index in [1.165, 1.54) is 61.5 Å². The molecule has 0 radical (unpaired) electrons. The number of para-hydroxylation sites is 1. The number of rotatable bonds is 6. The fraction of sp³-hybridized carbons (Fsp3) is 0.233. The van der Waals surface area contributed by atoms with Gasteiger partial charge in [0.1, 0.15) is 0 Å². The van der Waals surface area contributed by atoms with Crippen molar-refractivity contribution in [1.82, 2.24) is 5.32 Å². The summed E-state index contributed by atoms with van der Waals surface area (Å²) in [4.78, 5) is 2.87. The molecule has 6 aliphatic carbocycles. The molecule has 2 heteroatoms. The van der Waals surface area contributed by atoms with Gasteiger partial charge in [-0.25, -0.2) is 0 Å². The molecule has 0 bridgehead atoms. The van der Waals surface area contributed by atoms with Crippen LogP contribution < -0.4 is 10.2 Å². The maximum atomic E-state index is 4.05. The van der Waals surface area contributed by atoms with Crippen LogP contribution in [0.4, 0.5) is 5.69 Å². The topological polar surface area (TPSA) is 15.3 Å². The third kappa shape index (κ3) is 6.29. The number of hydrogen-bond acceptors (Lipinski definition) is 2. The summed E-state index contributed by atoms with van der Waals surface area (Å²) in [7, 11) is 0. The number of allylic oxidation sites excluding steroid dienone is 13. The van der Waals surface area contributed by atoms with Gasteiger partial charge in [0.05, 0.1) is 12.1 Å². The van der Waals surface area contributed by atoms with Gasteiger partial charge in [0.15, 0.2) is 0 Å². The standard InChI is InChI=1S/C60H54N2/c1-4-18-40(19-5-1)56(58-47-26-14-10-20-42(47)38-43-21-11-15-27-48(43)58)52-30-8-3-9-31-53-51(52)34-32-41-33-35-54-55(36-37-61-59(54)57(41)53)62(46-24-6-2-7-25-46)60-49-28-16-12-22-44(49)39-45-23-13-17-29-50(45)60/h1-8,10-30,32-33,35-38,44-45,49-51,54-56,59-61H,9,31,34,39H2. The first-order valence-corrected chi connectivity index (χ1v) is 23.2. The second-order valence-electron chi connectivity index (χ2n) is 18.5. The molecule has 1 heterocycles. The Bertz CT molecular complexity index is 2750. The third-order valence-corrected chi connectivity index (χ3v) is 15.4. The Hall–Kier alpha value is -6.38. The molecule has 2 nitrogen and oxygen atoms in total. The zero-order valence-electron chi connectivity index (χ0n) is 35.3. The molecule has 304 valence electrons. The van der Waals surface area contributed by atoms with Crippen molar-refractivity contribution in [2.75, 3.05) is 4.90 Å². The van der Waals surface area contributed by atoms with Gasteiger partial charge >= 0.3 is 0 Å². The fourth-order valence-corrected chi connectivity index (χ4v) is 12.8. The fourth-order valence-electron chi connectivity index (χ4n) is 12.8. The molecule has 7 aliphatic rings. The molecule has 1 aliphatic heterocycles. The zero-order chi connectivity index (χ0) is 41.0. The van der Waals surface area contributed by atoms with Crippen molar-refractivity contribution >= 4 is 27.2 Å². The van der Waals surface area contributed by atoms with E-state index in [4.69, 9.17) is 0 Å². The Kier molecular flexibility index (Phi) is 9.54. The summed E-state index contributed by atoms with van der Waals surface area (Å²) in [6.07, 6.45) is 43.3. The van der Waals surface area contributed by atoms with Crippen LogP contribution in [0.5, 0.6) is 0 Å². The highest BCUT2D eigenvalue weighted by Crippen LogP contribution is 2.53. The van der Waals surface area contributed by atoms with Crippen molar-refractivity contribution < 1.29 is 0 Å². The average molecular weight is 803 g/mol. The van der Waals surface area contributed by atoms with Crippen molar-refractivity contribution in [3.05, 3.63) is 246 Å². The first kappa shape index (κ1) is 37.4. The van der Waals surface area contributed by atoms with Crippen LogP contribution in [-0.4, -0.2) is 18.1 Å². The number of nitrogens with one attached hydrogen (secondary N) is 1. The monoisotopic (exact) mass is 802 g/mol. The lowest BCUT2D eigenvalue weighted by molar-refractivity contribution is 0.172. The highest BCUT2D eigenvalue weighted by Gasteiger charge is 2.49. The highest BCUT2D eigenvalue weighted by atomic mass is 15.2. The first-order valence-electron chi connectivity index (χ1n) is 23.2. The van der Waals surface area contributed by atoms with Crippen LogP contribution in [0.2, 0.25) is 0 Å². The summed E-state index contributed by atoms with van der Waals surface area (Å²) >= 11 is 0. The molecule has 1 N–H and O–H groups in total. The van der Waals surface area contributed by atoms with E-state index in [1.807, 2.05) is 0 Å². The normalized spacial score (nSPS) is 29.6. The molecule has 1 saturated carbocycles. The lowest BCUT2D eigenvalue weighted by atomic mass is 9.61. The van der Waals surface area contributed by atoms with Crippen molar-refractivity contribution in [1.29, 1.82) is 0 Å². The molecule has 0 saturated heterocycles. The van der Waals surface area contributed by atoms with Crippen LogP contribution in [0.15, 0.2) is 235 Å². The second kappa shape index (κ2) is 15.8. The van der Waals surface area contributed by atoms with Crippen LogP contribution in [0.25, 0.3) is 21.5 Å². The summed E-state index contributed by atoms with van der Waals surface area (Å²) in [5.74, 6) is 2.55. The molecule has 62 heavy (non-hydrogen) atoms. The van der Waals surface area contributed by atoms with Crippen LogP contribution >= 0.6 is 0 Å². The van der Waals surface area contributed by atoms with Crippen LogP contribution in [-0.2, 0) is 0 Å². The highest BCUT2D eigenvalue weighted by molar-refractivity contribution is 6.03. The predicted molar refractivity (Wildman–Crippen MR) is 260 cm³/mol. The van der Waals surface area contributed by atoms with Gasteiger partial charge in [-0.2, -0.15) is 0 Å². The van der Waals surface area contributed by atoms with Crippen LogP contribution in [0.3, 0.4) is 0 Å². The number of anilines is 1. The zero-order valence-corrected chi connectivity index (χ0v) is 35.3. The second-order valence-corrected chi connectivity index (χ2v) is 18.5. The molecular weight excluding hydrogens is 749 g/mol. The lowest BCUT2D eigenvalue weighted by Crippen LogP contribution is -2.60.